The Morgan fingerprint density at radius 1 is 1.00 bits per heavy atom. The Labute approximate surface area is 132 Å². The monoisotopic (exact) mass is 300 g/mol. The van der Waals surface area contributed by atoms with Crippen LogP contribution in [0.15, 0.2) is 30.3 Å². The summed E-state index contributed by atoms with van der Waals surface area (Å²) in [5.41, 5.74) is 0.808. The average Bonchev–Trinajstić information content (AvgIpc) is 3.40. The maximum Gasteiger partial charge on any atom is 0.225 e. The Hall–Kier alpha value is -1.68. The fraction of sp³-hybridized carbons (Fsp3) is 0.556. The van der Waals surface area contributed by atoms with Crippen molar-refractivity contribution in [3.63, 3.8) is 0 Å². The van der Waals surface area contributed by atoms with Crippen molar-refractivity contribution in [1.82, 2.24) is 9.80 Å². The van der Waals surface area contributed by atoms with Gasteiger partial charge in [0.25, 0.3) is 0 Å². The smallest absolute Gasteiger partial charge is 0.225 e. The van der Waals surface area contributed by atoms with Gasteiger partial charge in [0.2, 0.25) is 5.91 Å². The number of ketones is 1. The number of Topliss-reactive ketones (excluding diaryl/α,β-unsaturated/α-hetero) is 1. The van der Waals surface area contributed by atoms with Crippen molar-refractivity contribution >= 4 is 11.7 Å². The highest BCUT2D eigenvalue weighted by Gasteiger charge is 2.34. The zero-order valence-corrected chi connectivity index (χ0v) is 13.0. The summed E-state index contributed by atoms with van der Waals surface area (Å²) in [4.78, 5) is 28.4. The maximum atomic E-state index is 12.0. The largest absolute Gasteiger partial charge is 0.340 e. The molecule has 0 N–H and O–H groups in total. The molecule has 3 rings (SSSR count). The minimum Gasteiger partial charge on any atom is -0.340 e. The first-order valence-electron chi connectivity index (χ1n) is 8.33. The van der Waals surface area contributed by atoms with Crippen molar-refractivity contribution in [3.05, 3.63) is 35.9 Å². The van der Waals surface area contributed by atoms with Crippen molar-refractivity contribution in [2.24, 2.45) is 5.92 Å². The molecule has 1 aromatic rings. The lowest BCUT2D eigenvalue weighted by atomic mass is 10.1. The van der Waals surface area contributed by atoms with Gasteiger partial charge in [-0.1, -0.05) is 30.3 Å². The van der Waals surface area contributed by atoms with Crippen LogP contribution in [0.1, 0.15) is 36.0 Å². The molecule has 1 aliphatic heterocycles. The summed E-state index contributed by atoms with van der Waals surface area (Å²) in [7, 11) is 0. The number of rotatable bonds is 6. The summed E-state index contributed by atoms with van der Waals surface area (Å²) >= 11 is 0. The quantitative estimate of drug-likeness (QED) is 0.756. The second kappa shape index (κ2) is 7.05. The molecule has 0 radical (unpaired) electrons. The number of carbonyl (C=O) groups is 2. The van der Waals surface area contributed by atoms with Crippen LogP contribution in [0.4, 0.5) is 0 Å². The van der Waals surface area contributed by atoms with Crippen molar-refractivity contribution in [2.45, 2.75) is 25.7 Å². The highest BCUT2D eigenvalue weighted by molar-refractivity contribution is 5.95. The van der Waals surface area contributed by atoms with Crippen LogP contribution in [-0.4, -0.2) is 54.2 Å². The molecule has 2 fully saturated rings. The lowest BCUT2D eigenvalue weighted by Crippen LogP contribution is -2.49. The molecule has 1 saturated heterocycles. The van der Waals surface area contributed by atoms with Gasteiger partial charge in [-0.25, -0.2) is 0 Å². The molecule has 0 bridgehead atoms. The van der Waals surface area contributed by atoms with E-state index in [0.29, 0.717) is 18.2 Å². The van der Waals surface area contributed by atoms with Crippen molar-refractivity contribution in [2.75, 3.05) is 32.7 Å². The van der Waals surface area contributed by atoms with E-state index in [1.165, 1.54) is 0 Å². The van der Waals surface area contributed by atoms with Crippen LogP contribution < -0.4 is 0 Å². The summed E-state index contributed by atoms with van der Waals surface area (Å²) in [6.07, 6.45) is 3.66. The highest BCUT2D eigenvalue weighted by atomic mass is 16.2. The van der Waals surface area contributed by atoms with Gasteiger partial charge in [0, 0.05) is 44.1 Å². The first kappa shape index (κ1) is 15.2. The predicted molar refractivity (Wildman–Crippen MR) is 85.8 cm³/mol. The molecule has 118 valence electrons. The Kier molecular flexibility index (Phi) is 4.88. The van der Waals surface area contributed by atoms with Crippen molar-refractivity contribution < 1.29 is 9.59 Å². The molecular formula is C18H24N2O2. The minimum atomic E-state index is 0.225. The molecule has 0 unspecified atom stereocenters. The standard InChI is InChI=1S/C18H24N2O2/c21-17(15-5-2-1-3-6-15)7-4-10-19-11-13-20(14-12-19)18(22)16-8-9-16/h1-3,5-6,16H,4,7-14H2. The fourth-order valence-corrected chi connectivity index (χ4v) is 3.01. The molecule has 4 heteroatoms. The second-order valence-electron chi connectivity index (χ2n) is 6.33. The summed E-state index contributed by atoms with van der Waals surface area (Å²) < 4.78 is 0. The number of piperazine rings is 1. The van der Waals surface area contributed by atoms with Gasteiger partial charge in [0.1, 0.15) is 0 Å². The highest BCUT2D eigenvalue weighted by Crippen LogP contribution is 2.31. The fourth-order valence-electron chi connectivity index (χ4n) is 3.01. The number of hydrogen-bond acceptors (Lipinski definition) is 3. The number of carbonyl (C=O) groups excluding carboxylic acids is 2. The van der Waals surface area contributed by atoms with E-state index in [9.17, 15) is 9.59 Å². The molecule has 22 heavy (non-hydrogen) atoms. The van der Waals surface area contributed by atoms with Gasteiger partial charge >= 0.3 is 0 Å². The van der Waals surface area contributed by atoms with Gasteiger partial charge in [-0.3, -0.25) is 14.5 Å². The van der Waals surface area contributed by atoms with Gasteiger partial charge in [0.05, 0.1) is 0 Å². The Bertz CT molecular complexity index is 517. The average molecular weight is 300 g/mol. The first-order valence-corrected chi connectivity index (χ1v) is 8.33. The third kappa shape index (κ3) is 3.95. The van der Waals surface area contributed by atoms with Gasteiger partial charge in [-0.15, -0.1) is 0 Å². The van der Waals surface area contributed by atoms with Gasteiger partial charge in [0.15, 0.2) is 5.78 Å². The predicted octanol–water partition coefficient (Wildman–Crippen LogP) is 2.20. The molecule has 1 heterocycles. The molecule has 2 aliphatic rings. The second-order valence-corrected chi connectivity index (χ2v) is 6.33. The summed E-state index contributed by atoms with van der Waals surface area (Å²) in [5.74, 6) is 0.914. The Morgan fingerprint density at radius 3 is 2.32 bits per heavy atom. The molecule has 1 amide bonds. The summed E-state index contributed by atoms with van der Waals surface area (Å²) in [6.45, 7) is 4.53. The number of benzene rings is 1. The van der Waals surface area contributed by atoms with Crippen LogP contribution in [0, 0.1) is 5.92 Å². The van der Waals surface area contributed by atoms with Crippen LogP contribution in [0.2, 0.25) is 0 Å². The number of nitrogens with zero attached hydrogens (tertiary/aromatic N) is 2. The van der Waals surface area contributed by atoms with E-state index in [1.807, 2.05) is 35.2 Å². The minimum absolute atomic E-state index is 0.225. The molecule has 1 aliphatic carbocycles. The molecule has 0 aromatic heterocycles. The lowest BCUT2D eigenvalue weighted by molar-refractivity contribution is -0.134. The summed E-state index contributed by atoms with van der Waals surface area (Å²) in [6, 6.07) is 9.50. The molecule has 0 spiro atoms. The van der Waals surface area contributed by atoms with E-state index < -0.39 is 0 Å². The van der Waals surface area contributed by atoms with Crippen LogP contribution in [0.5, 0.6) is 0 Å². The van der Waals surface area contributed by atoms with Crippen LogP contribution >= 0.6 is 0 Å². The Balaban J connectivity index is 1.35. The van der Waals surface area contributed by atoms with Crippen molar-refractivity contribution in [1.29, 1.82) is 0 Å². The van der Waals surface area contributed by atoms with E-state index in [0.717, 1.165) is 57.5 Å². The topological polar surface area (TPSA) is 40.6 Å². The zero-order chi connectivity index (χ0) is 15.4. The Morgan fingerprint density at radius 2 is 1.68 bits per heavy atom. The van der Waals surface area contributed by atoms with E-state index in [4.69, 9.17) is 0 Å². The molecule has 1 saturated carbocycles. The van der Waals surface area contributed by atoms with Crippen LogP contribution in [-0.2, 0) is 4.79 Å². The zero-order valence-electron chi connectivity index (χ0n) is 13.0. The lowest BCUT2D eigenvalue weighted by Gasteiger charge is -2.34. The van der Waals surface area contributed by atoms with E-state index in [-0.39, 0.29) is 5.78 Å². The first-order chi connectivity index (χ1) is 10.7. The molecule has 4 nitrogen and oxygen atoms in total. The van der Waals surface area contributed by atoms with Gasteiger partial charge in [-0.05, 0) is 25.8 Å². The van der Waals surface area contributed by atoms with Crippen molar-refractivity contribution in [3.8, 4) is 0 Å². The van der Waals surface area contributed by atoms with Gasteiger partial charge in [-0.2, -0.15) is 0 Å². The number of amides is 1. The third-order valence-electron chi connectivity index (χ3n) is 4.58. The van der Waals surface area contributed by atoms with Gasteiger partial charge < -0.3 is 4.90 Å². The third-order valence-corrected chi connectivity index (χ3v) is 4.58. The number of hydrogen-bond donors (Lipinski definition) is 0. The van der Waals surface area contributed by atoms with Crippen LogP contribution in [0.25, 0.3) is 0 Å². The summed E-state index contributed by atoms with van der Waals surface area (Å²) in [5, 5.41) is 0. The molecular weight excluding hydrogens is 276 g/mol. The van der Waals surface area contributed by atoms with E-state index in [1.54, 1.807) is 0 Å². The maximum absolute atomic E-state index is 12.0. The van der Waals surface area contributed by atoms with Crippen LogP contribution in [0.3, 0.4) is 0 Å². The van der Waals surface area contributed by atoms with E-state index >= 15 is 0 Å². The normalized spacial score (nSPS) is 19.2. The molecule has 0 atom stereocenters. The molecule has 1 aromatic carbocycles. The SMILES string of the molecule is O=C(CCCN1CCN(C(=O)C2CC2)CC1)c1ccccc1. The van der Waals surface area contributed by atoms with E-state index in [2.05, 4.69) is 4.90 Å².